The zero-order valence-corrected chi connectivity index (χ0v) is 10.4. The Morgan fingerprint density at radius 2 is 1.78 bits per heavy atom. The van der Waals surface area contributed by atoms with Crippen molar-refractivity contribution in [3.63, 3.8) is 0 Å². The first-order valence-corrected chi connectivity index (χ1v) is 5.85. The number of nitrogen functional groups attached to an aromatic ring is 1. The maximum absolute atomic E-state index is 8.71. The third kappa shape index (κ3) is 2.93. The van der Waals surface area contributed by atoms with Crippen LogP contribution in [-0.4, -0.2) is 0 Å². The molecule has 0 bridgehead atoms. The summed E-state index contributed by atoms with van der Waals surface area (Å²) >= 11 is 5.82. The van der Waals surface area contributed by atoms with Gasteiger partial charge in [-0.25, -0.2) is 0 Å². The molecule has 3 nitrogen and oxygen atoms in total. The summed E-state index contributed by atoms with van der Waals surface area (Å²) in [5.74, 6) is 0. The van der Waals surface area contributed by atoms with E-state index in [2.05, 4.69) is 11.4 Å². The standard InChI is InChI=1S/C14H12ClN3/c15-11-1-3-12(4-2-11)18-13-5-6-14(17)10(9-13)7-8-16/h1-6,9,18H,7,17H2. The predicted octanol–water partition coefficient (Wildman–Crippen LogP) is 3.73. The molecule has 90 valence electrons. The number of nitrogens with two attached hydrogens (primary N) is 1. The Morgan fingerprint density at radius 1 is 1.11 bits per heavy atom. The van der Waals surface area contributed by atoms with E-state index in [-0.39, 0.29) is 0 Å². The molecular weight excluding hydrogens is 246 g/mol. The predicted molar refractivity (Wildman–Crippen MR) is 74.9 cm³/mol. The van der Waals surface area contributed by atoms with Crippen molar-refractivity contribution in [1.29, 1.82) is 5.26 Å². The number of halogens is 1. The largest absolute Gasteiger partial charge is 0.398 e. The van der Waals surface area contributed by atoms with Crippen LogP contribution in [0.25, 0.3) is 0 Å². The zero-order valence-electron chi connectivity index (χ0n) is 9.65. The molecule has 0 amide bonds. The van der Waals surface area contributed by atoms with Gasteiger partial charge in [0.15, 0.2) is 0 Å². The van der Waals surface area contributed by atoms with Gasteiger partial charge in [0, 0.05) is 22.1 Å². The van der Waals surface area contributed by atoms with Crippen molar-refractivity contribution in [2.75, 3.05) is 11.1 Å². The maximum Gasteiger partial charge on any atom is 0.0670 e. The highest BCUT2D eigenvalue weighted by atomic mass is 35.5. The zero-order chi connectivity index (χ0) is 13.0. The van der Waals surface area contributed by atoms with Crippen LogP contribution in [0.4, 0.5) is 17.1 Å². The molecule has 0 aliphatic carbocycles. The smallest absolute Gasteiger partial charge is 0.0670 e. The molecule has 0 aliphatic heterocycles. The Hall–Kier alpha value is -2.18. The second kappa shape index (κ2) is 5.44. The topological polar surface area (TPSA) is 61.8 Å². The summed E-state index contributed by atoms with van der Waals surface area (Å²) in [6, 6.07) is 15.1. The Morgan fingerprint density at radius 3 is 2.44 bits per heavy atom. The quantitative estimate of drug-likeness (QED) is 0.824. The minimum absolute atomic E-state index is 0.308. The maximum atomic E-state index is 8.71. The van der Waals surface area contributed by atoms with Crippen LogP contribution in [0.1, 0.15) is 5.56 Å². The van der Waals surface area contributed by atoms with Crippen molar-refractivity contribution < 1.29 is 0 Å². The van der Waals surface area contributed by atoms with Gasteiger partial charge in [-0.05, 0) is 48.0 Å². The lowest BCUT2D eigenvalue weighted by Gasteiger charge is -2.09. The number of rotatable bonds is 3. The van der Waals surface area contributed by atoms with Crippen molar-refractivity contribution in [3.8, 4) is 6.07 Å². The Balaban J connectivity index is 2.22. The molecule has 2 rings (SSSR count). The van der Waals surface area contributed by atoms with Crippen LogP contribution < -0.4 is 11.1 Å². The van der Waals surface area contributed by atoms with Crippen LogP contribution in [0, 0.1) is 11.3 Å². The van der Waals surface area contributed by atoms with Gasteiger partial charge < -0.3 is 11.1 Å². The van der Waals surface area contributed by atoms with Gasteiger partial charge in [0.25, 0.3) is 0 Å². The van der Waals surface area contributed by atoms with Crippen LogP contribution in [0.2, 0.25) is 5.02 Å². The second-order valence-corrected chi connectivity index (χ2v) is 4.32. The van der Waals surface area contributed by atoms with E-state index in [1.54, 1.807) is 6.07 Å². The number of anilines is 3. The van der Waals surface area contributed by atoms with E-state index in [4.69, 9.17) is 22.6 Å². The number of nitrogens with zero attached hydrogens (tertiary/aromatic N) is 1. The fourth-order valence-corrected chi connectivity index (χ4v) is 1.75. The van der Waals surface area contributed by atoms with E-state index in [1.165, 1.54) is 0 Å². The van der Waals surface area contributed by atoms with Gasteiger partial charge in [0.1, 0.15) is 0 Å². The van der Waals surface area contributed by atoms with Crippen molar-refractivity contribution in [2.24, 2.45) is 0 Å². The summed E-state index contributed by atoms with van der Waals surface area (Å²) in [7, 11) is 0. The number of hydrogen-bond donors (Lipinski definition) is 2. The van der Waals surface area contributed by atoms with E-state index in [1.807, 2.05) is 36.4 Å². The Kier molecular flexibility index (Phi) is 3.71. The second-order valence-electron chi connectivity index (χ2n) is 3.88. The van der Waals surface area contributed by atoms with E-state index in [0.29, 0.717) is 17.1 Å². The van der Waals surface area contributed by atoms with Gasteiger partial charge in [-0.1, -0.05) is 11.6 Å². The third-order valence-corrected chi connectivity index (χ3v) is 2.80. The summed E-state index contributed by atoms with van der Waals surface area (Å²) in [6.07, 6.45) is 0.308. The minimum atomic E-state index is 0.308. The van der Waals surface area contributed by atoms with E-state index in [0.717, 1.165) is 16.9 Å². The van der Waals surface area contributed by atoms with Crippen LogP contribution in [0.3, 0.4) is 0 Å². The lowest BCUT2D eigenvalue weighted by atomic mass is 10.1. The molecule has 4 heteroatoms. The molecular formula is C14H12ClN3. The molecule has 0 fully saturated rings. The van der Waals surface area contributed by atoms with Crippen molar-refractivity contribution in [1.82, 2.24) is 0 Å². The van der Waals surface area contributed by atoms with E-state index < -0.39 is 0 Å². The van der Waals surface area contributed by atoms with Crippen molar-refractivity contribution in [2.45, 2.75) is 6.42 Å². The van der Waals surface area contributed by atoms with Gasteiger partial charge in [0.05, 0.1) is 12.5 Å². The number of hydrogen-bond acceptors (Lipinski definition) is 3. The SMILES string of the molecule is N#CCc1cc(Nc2ccc(Cl)cc2)ccc1N. The first-order chi connectivity index (χ1) is 8.69. The Bertz CT molecular complexity index is 585. The molecule has 0 aliphatic rings. The fourth-order valence-electron chi connectivity index (χ4n) is 1.62. The molecule has 2 aromatic rings. The summed E-state index contributed by atoms with van der Waals surface area (Å²) in [4.78, 5) is 0. The average Bonchev–Trinajstić information content (AvgIpc) is 2.37. The summed E-state index contributed by atoms with van der Waals surface area (Å²) in [5.41, 5.74) is 9.10. The van der Waals surface area contributed by atoms with Gasteiger partial charge in [0.2, 0.25) is 0 Å². The first-order valence-electron chi connectivity index (χ1n) is 5.47. The molecule has 3 N–H and O–H groups in total. The van der Waals surface area contributed by atoms with Gasteiger partial charge in [-0.15, -0.1) is 0 Å². The molecule has 0 heterocycles. The number of benzene rings is 2. The molecule has 0 saturated heterocycles. The molecule has 0 aromatic heterocycles. The normalized spacial score (nSPS) is 9.78. The van der Waals surface area contributed by atoms with Crippen molar-refractivity contribution in [3.05, 3.63) is 53.1 Å². The van der Waals surface area contributed by atoms with E-state index >= 15 is 0 Å². The summed E-state index contributed by atoms with van der Waals surface area (Å²) in [6.45, 7) is 0. The van der Waals surface area contributed by atoms with Crippen LogP contribution in [0.15, 0.2) is 42.5 Å². The van der Waals surface area contributed by atoms with Crippen LogP contribution >= 0.6 is 11.6 Å². The van der Waals surface area contributed by atoms with E-state index in [9.17, 15) is 0 Å². The molecule has 18 heavy (non-hydrogen) atoms. The summed E-state index contributed by atoms with van der Waals surface area (Å²) < 4.78 is 0. The Labute approximate surface area is 111 Å². The molecule has 0 unspecified atom stereocenters. The first kappa shape index (κ1) is 12.3. The molecule has 0 spiro atoms. The highest BCUT2D eigenvalue weighted by Gasteiger charge is 2.01. The lowest BCUT2D eigenvalue weighted by molar-refractivity contribution is 1.27. The molecule has 2 aromatic carbocycles. The van der Waals surface area contributed by atoms with Crippen LogP contribution in [-0.2, 0) is 6.42 Å². The summed E-state index contributed by atoms with van der Waals surface area (Å²) in [5, 5.41) is 12.6. The highest BCUT2D eigenvalue weighted by molar-refractivity contribution is 6.30. The molecule has 0 saturated carbocycles. The fraction of sp³-hybridized carbons (Fsp3) is 0.0714. The van der Waals surface area contributed by atoms with Gasteiger partial charge in [-0.2, -0.15) is 5.26 Å². The monoisotopic (exact) mass is 257 g/mol. The van der Waals surface area contributed by atoms with Crippen molar-refractivity contribution >= 4 is 28.7 Å². The third-order valence-electron chi connectivity index (χ3n) is 2.55. The number of nitriles is 1. The average molecular weight is 258 g/mol. The number of nitrogens with one attached hydrogen (secondary N) is 1. The van der Waals surface area contributed by atoms with Gasteiger partial charge in [-0.3, -0.25) is 0 Å². The molecule has 0 atom stereocenters. The molecule has 0 radical (unpaired) electrons. The minimum Gasteiger partial charge on any atom is -0.398 e. The lowest BCUT2D eigenvalue weighted by Crippen LogP contribution is -1.96. The van der Waals surface area contributed by atoms with Crippen LogP contribution in [0.5, 0.6) is 0 Å². The van der Waals surface area contributed by atoms with Gasteiger partial charge >= 0.3 is 0 Å². The highest BCUT2D eigenvalue weighted by Crippen LogP contribution is 2.22.